The van der Waals surface area contributed by atoms with Crippen molar-refractivity contribution in [3.8, 4) is 0 Å². The van der Waals surface area contributed by atoms with E-state index in [2.05, 4.69) is 33.0 Å². The minimum atomic E-state index is -0.480. The summed E-state index contributed by atoms with van der Waals surface area (Å²) >= 11 is 0. The standard InChI is InChI=1S/C30H47NO3/c1-18(2)19-8-13-27(4)20-9-15-29-12-6-7-21(29)30(27,24(19)31-25(20)29)16-10-22(32)26(3)17-33-28(5)14-11-23(26)34-28/h18-21,23-25,31H,6-17H2,1-5H3. The fraction of sp³-hybridized carbons (Fsp3) is 0.967. The van der Waals surface area contributed by atoms with Gasteiger partial charge in [-0.05, 0) is 105 Å². The molecule has 4 aliphatic carbocycles. The molecule has 4 saturated carbocycles. The second kappa shape index (κ2) is 6.90. The van der Waals surface area contributed by atoms with E-state index in [4.69, 9.17) is 9.47 Å². The van der Waals surface area contributed by atoms with Crippen molar-refractivity contribution in [1.29, 1.82) is 0 Å². The zero-order valence-electron chi connectivity index (χ0n) is 22.3. The van der Waals surface area contributed by atoms with Crippen LogP contribution in [0.4, 0.5) is 0 Å². The van der Waals surface area contributed by atoms with Gasteiger partial charge >= 0.3 is 0 Å². The minimum Gasteiger partial charge on any atom is -0.349 e. The first-order valence-electron chi connectivity index (χ1n) is 14.7. The third-order valence-corrected chi connectivity index (χ3v) is 13.5. The summed E-state index contributed by atoms with van der Waals surface area (Å²) in [6.07, 6.45) is 13.5. The van der Waals surface area contributed by atoms with Gasteiger partial charge in [0, 0.05) is 24.9 Å². The van der Waals surface area contributed by atoms with Crippen LogP contribution in [0, 0.1) is 45.3 Å². The molecule has 8 bridgehead atoms. The second-order valence-corrected chi connectivity index (χ2v) is 14.8. The number of Topliss-reactive ketones (excluding diaryl/α,β-unsaturated/α-hetero) is 1. The zero-order chi connectivity index (χ0) is 23.7. The molecule has 4 nitrogen and oxygen atoms in total. The van der Waals surface area contributed by atoms with Crippen LogP contribution < -0.4 is 5.32 Å². The molecule has 4 saturated heterocycles. The number of rotatable bonds is 5. The van der Waals surface area contributed by atoms with Crippen LogP contribution in [0.25, 0.3) is 0 Å². The van der Waals surface area contributed by atoms with Crippen molar-refractivity contribution in [3.63, 3.8) is 0 Å². The van der Waals surface area contributed by atoms with Crippen LogP contribution in [-0.4, -0.2) is 36.4 Å². The summed E-state index contributed by atoms with van der Waals surface area (Å²) in [6, 6.07) is 1.33. The quantitative estimate of drug-likeness (QED) is 0.546. The molecule has 0 aromatic rings. The molecule has 0 radical (unpaired) electrons. The Morgan fingerprint density at radius 2 is 1.82 bits per heavy atom. The maximum absolute atomic E-state index is 14.1. The summed E-state index contributed by atoms with van der Waals surface area (Å²) in [5.41, 5.74) is 0.711. The van der Waals surface area contributed by atoms with Gasteiger partial charge < -0.3 is 14.8 Å². The SMILES string of the molecule is CC(C)C1CCC2(C)C3CCC45CCCC4C2(CCC(=O)C2(C)COC4(C)CCC2O4)C1NC35. The van der Waals surface area contributed by atoms with Gasteiger partial charge in [-0.15, -0.1) is 0 Å². The van der Waals surface area contributed by atoms with E-state index in [0.717, 1.165) is 43.1 Å². The molecule has 11 atom stereocenters. The lowest BCUT2D eigenvalue weighted by molar-refractivity contribution is -0.283. The maximum atomic E-state index is 14.1. The number of nitrogens with one attached hydrogen (secondary N) is 1. The van der Waals surface area contributed by atoms with Crippen molar-refractivity contribution in [1.82, 2.24) is 5.32 Å². The Hall–Kier alpha value is -0.450. The number of carbonyl (C=O) groups excluding carboxylic acids is 1. The predicted molar refractivity (Wildman–Crippen MR) is 132 cm³/mol. The molecule has 34 heavy (non-hydrogen) atoms. The van der Waals surface area contributed by atoms with Gasteiger partial charge in [0.15, 0.2) is 5.79 Å². The summed E-state index contributed by atoms with van der Waals surface area (Å²) in [4.78, 5) is 14.1. The predicted octanol–water partition coefficient (Wildman–Crippen LogP) is 5.88. The summed E-state index contributed by atoms with van der Waals surface area (Å²) < 4.78 is 12.4. The second-order valence-electron chi connectivity index (χ2n) is 14.8. The molecule has 1 spiro atoms. The highest BCUT2D eigenvalue weighted by Gasteiger charge is 2.79. The van der Waals surface area contributed by atoms with Crippen LogP contribution in [0.1, 0.15) is 105 Å². The number of fused-ring (bicyclic) bond motifs is 2. The lowest BCUT2D eigenvalue weighted by atomic mass is 9.33. The van der Waals surface area contributed by atoms with E-state index in [1.807, 2.05) is 6.92 Å². The van der Waals surface area contributed by atoms with Crippen LogP contribution in [0.15, 0.2) is 0 Å². The highest BCUT2D eigenvalue weighted by atomic mass is 16.7. The Kier molecular flexibility index (Phi) is 4.61. The van der Waals surface area contributed by atoms with Crippen molar-refractivity contribution in [3.05, 3.63) is 0 Å². The van der Waals surface area contributed by atoms with E-state index in [1.54, 1.807) is 0 Å². The number of piperidine rings is 2. The number of ketones is 1. The molecule has 0 aromatic heterocycles. The average Bonchev–Trinajstić information content (AvgIpc) is 3.48. The topological polar surface area (TPSA) is 47.6 Å². The van der Waals surface area contributed by atoms with Crippen molar-refractivity contribution in [2.75, 3.05) is 6.61 Å². The van der Waals surface area contributed by atoms with E-state index >= 15 is 0 Å². The van der Waals surface area contributed by atoms with E-state index in [9.17, 15) is 4.79 Å². The van der Waals surface area contributed by atoms with Gasteiger partial charge in [-0.2, -0.15) is 0 Å². The molecule has 11 unspecified atom stereocenters. The average molecular weight is 470 g/mol. The van der Waals surface area contributed by atoms with Crippen LogP contribution in [0.5, 0.6) is 0 Å². The first-order valence-corrected chi connectivity index (χ1v) is 14.7. The number of carbonyl (C=O) groups is 1. The first kappa shape index (κ1) is 22.7. The summed E-state index contributed by atoms with van der Waals surface area (Å²) in [5, 5.41) is 4.39. The molecular formula is C30H47NO3. The lowest BCUT2D eigenvalue weighted by Gasteiger charge is -2.76. The van der Waals surface area contributed by atoms with Crippen molar-refractivity contribution in [2.24, 2.45) is 45.3 Å². The van der Waals surface area contributed by atoms with E-state index in [1.165, 1.54) is 44.9 Å². The number of ether oxygens (including phenoxy) is 2. The van der Waals surface area contributed by atoms with Crippen LogP contribution in [0.3, 0.4) is 0 Å². The Morgan fingerprint density at radius 1 is 1.00 bits per heavy atom. The molecule has 4 heteroatoms. The third kappa shape index (κ3) is 2.45. The summed E-state index contributed by atoms with van der Waals surface area (Å²) in [7, 11) is 0. The molecule has 0 aromatic carbocycles. The first-order chi connectivity index (χ1) is 16.1. The van der Waals surface area contributed by atoms with Gasteiger partial charge in [0.05, 0.1) is 18.1 Å². The third-order valence-electron chi connectivity index (χ3n) is 13.5. The van der Waals surface area contributed by atoms with Crippen LogP contribution in [0.2, 0.25) is 0 Å². The van der Waals surface area contributed by atoms with Gasteiger partial charge in [-0.3, -0.25) is 4.79 Å². The maximum Gasteiger partial charge on any atom is 0.166 e. The smallest absolute Gasteiger partial charge is 0.166 e. The van der Waals surface area contributed by atoms with Gasteiger partial charge in [-0.1, -0.05) is 27.2 Å². The van der Waals surface area contributed by atoms with Gasteiger partial charge in [0.1, 0.15) is 5.78 Å². The van der Waals surface area contributed by atoms with Crippen molar-refractivity contribution < 1.29 is 14.3 Å². The fourth-order valence-electron chi connectivity index (χ4n) is 11.8. The number of hydrogen-bond acceptors (Lipinski definition) is 4. The fourth-order valence-corrected chi connectivity index (χ4v) is 11.8. The summed E-state index contributed by atoms with van der Waals surface area (Å²) in [6.45, 7) is 12.3. The Balaban J connectivity index is 1.25. The molecule has 4 heterocycles. The van der Waals surface area contributed by atoms with E-state index in [0.29, 0.717) is 41.6 Å². The zero-order valence-corrected chi connectivity index (χ0v) is 22.3. The number of hydrogen-bond donors (Lipinski definition) is 1. The summed E-state index contributed by atoms with van der Waals surface area (Å²) in [5.74, 6) is 3.03. The minimum absolute atomic E-state index is 0.0315. The normalized spacial score (nSPS) is 59.0. The Morgan fingerprint density at radius 3 is 2.62 bits per heavy atom. The van der Waals surface area contributed by atoms with E-state index < -0.39 is 11.2 Å². The highest BCUT2D eigenvalue weighted by Crippen LogP contribution is 2.81. The van der Waals surface area contributed by atoms with Gasteiger partial charge in [-0.25, -0.2) is 0 Å². The Bertz CT molecular complexity index is 903. The van der Waals surface area contributed by atoms with Crippen LogP contribution in [-0.2, 0) is 14.3 Å². The molecular weight excluding hydrogens is 422 g/mol. The largest absolute Gasteiger partial charge is 0.349 e. The molecule has 0 amide bonds. The molecule has 1 N–H and O–H groups in total. The molecule has 8 fully saturated rings. The lowest BCUT2D eigenvalue weighted by Crippen LogP contribution is -2.80. The Labute approximate surface area is 206 Å². The monoisotopic (exact) mass is 469 g/mol. The molecule has 4 aliphatic heterocycles. The van der Waals surface area contributed by atoms with E-state index in [-0.39, 0.29) is 11.5 Å². The molecule has 190 valence electrons. The van der Waals surface area contributed by atoms with Gasteiger partial charge in [0.2, 0.25) is 0 Å². The molecule has 8 aliphatic rings. The van der Waals surface area contributed by atoms with Crippen molar-refractivity contribution >= 4 is 5.78 Å². The van der Waals surface area contributed by atoms with Gasteiger partial charge in [0.25, 0.3) is 0 Å². The molecule has 8 rings (SSSR count). The van der Waals surface area contributed by atoms with Crippen LogP contribution >= 0.6 is 0 Å². The van der Waals surface area contributed by atoms with Crippen molar-refractivity contribution in [2.45, 2.75) is 129 Å². The highest BCUT2D eigenvalue weighted by molar-refractivity contribution is 5.85.